The fraction of sp³-hybridized carbons (Fsp3) is 0.500. The summed E-state index contributed by atoms with van der Waals surface area (Å²) < 4.78 is 0. The van der Waals surface area contributed by atoms with E-state index in [1.165, 1.54) is 6.07 Å². The summed E-state index contributed by atoms with van der Waals surface area (Å²) in [5.41, 5.74) is 6.72. The number of nitrogens with two attached hydrogens (primary N) is 1. The van der Waals surface area contributed by atoms with E-state index >= 15 is 0 Å². The molecule has 5 nitrogen and oxygen atoms in total. The molecule has 112 valence electrons. The summed E-state index contributed by atoms with van der Waals surface area (Å²) in [4.78, 5) is 15.5. The van der Waals surface area contributed by atoms with Gasteiger partial charge in [0.05, 0.1) is 16.3 Å². The highest BCUT2D eigenvalue weighted by atomic mass is 35.5. The van der Waals surface area contributed by atoms with Crippen molar-refractivity contribution in [2.45, 2.75) is 19.9 Å². The van der Waals surface area contributed by atoms with Crippen molar-refractivity contribution in [1.29, 1.82) is 0 Å². The lowest BCUT2D eigenvalue weighted by Crippen LogP contribution is -2.41. The van der Waals surface area contributed by atoms with Crippen LogP contribution in [0.4, 0.5) is 11.4 Å². The minimum Gasteiger partial charge on any atom is -0.478 e. The van der Waals surface area contributed by atoms with Crippen LogP contribution in [0, 0.1) is 0 Å². The van der Waals surface area contributed by atoms with Crippen LogP contribution < -0.4 is 10.6 Å². The summed E-state index contributed by atoms with van der Waals surface area (Å²) in [6.07, 6.45) is 0. The van der Waals surface area contributed by atoms with Gasteiger partial charge in [0.1, 0.15) is 0 Å². The summed E-state index contributed by atoms with van der Waals surface area (Å²) in [6, 6.07) is 3.18. The van der Waals surface area contributed by atoms with E-state index in [9.17, 15) is 9.90 Å². The van der Waals surface area contributed by atoms with Crippen LogP contribution >= 0.6 is 11.6 Å². The highest BCUT2D eigenvalue weighted by Gasteiger charge is 2.23. The first-order valence-electron chi connectivity index (χ1n) is 6.51. The minimum atomic E-state index is -1.02. The molecule has 1 rings (SSSR count). The number of anilines is 2. The average molecular weight is 300 g/mol. The molecule has 20 heavy (non-hydrogen) atoms. The Morgan fingerprint density at radius 1 is 1.45 bits per heavy atom. The van der Waals surface area contributed by atoms with Crippen molar-refractivity contribution in [3.63, 3.8) is 0 Å². The summed E-state index contributed by atoms with van der Waals surface area (Å²) in [7, 11) is 3.96. The van der Waals surface area contributed by atoms with Crippen molar-refractivity contribution in [2.24, 2.45) is 0 Å². The lowest BCUT2D eigenvalue weighted by atomic mass is 10.1. The summed E-state index contributed by atoms with van der Waals surface area (Å²) >= 11 is 6.23. The molecule has 1 aromatic carbocycles. The predicted molar refractivity (Wildman–Crippen MR) is 83.9 cm³/mol. The standard InChI is InChI=1S/C14H22ClN3O2/c1-5-18(9(2)8-17(3)4)13-11(14(19)20)6-10(16)7-12(13)15/h6-7,9H,5,8,16H2,1-4H3,(H,19,20). The molecule has 0 heterocycles. The van der Waals surface area contributed by atoms with Crippen molar-refractivity contribution in [1.82, 2.24) is 4.90 Å². The highest BCUT2D eigenvalue weighted by Crippen LogP contribution is 2.33. The number of likely N-dealkylation sites (N-methyl/N-ethyl adjacent to an activating group) is 2. The molecule has 0 aromatic heterocycles. The number of nitrogens with zero attached hydrogens (tertiary/aromatic N) is 2. The van der Waals surface area contributed by atoms with Crippen LogP contribution in [0.3, 0.4) is 0 Å². The van der Waals surface area contributed by atoms with Crippen LogP contribution in [0.1, 0.15) is 24.2 Å². The van der Waals surface area contributed by atoms with E-state index in [1.54, 1.807) is 6.07 Å². The molecule has 0 aliphatic carbocycles. The van der Waals surface area contributed by atoms with E-state index in [-0.39, 0.29) is 11.6 Å². The molecular weight excluding hydrogens is 278 g/mol. The van der Waals surface area contributed by atoms with E-state index in [0.29, 0.717) is 22.9 Å². The van der Waals surface area contributed by atoms with Gasteiger partial charge in [0.15, 0.2) is 0 Å². The van der Waals surface area contributed by atoms with Crippen LogP contribution in [0.15, 0.2) is 12.1 Å². The van der Waals surface area contributed by atoms with Crippen LogP contribution in [-0.2, 0) is 0 Å². The fourth-order valence-electron chi connectivity index (χ4n) is 2.39. The molecule has 3 N–H and O–H groups in total. The molecule has 0 aliphatic heterocycles. The normalized spacial score (nSPS) is 12.5. The Bertz CT molecular complexity index is 492. The van der Waals surface area contributed by atoms with E-state index in [1.807, 2.05) is 32.8 Å². The summed E-state index contributed by atoms with van der Waals surface area (Å²) in [6.45, 7) is 5.48. The Morgan fingerprint density at radius 2 is 2.05 bits per heavy atom. The molecule has 0 fully saturated rings. The third-order valence-electron chi connectivity index (χ3n) is 3.11. The van der Waals surface area contributed by atoms with Crippen molar-refractivity contribution in [3.05, 3.63) is 22.7 Å². The molecule has 1 unspecified atom stereocenters. The number of hydrogen-bond acceptors (Lipinski definition) is 4. The van der Waals surface area contributed by atoms with Crippen LogP contribution in [-0.4, -0.2) is 49.2 Å². The topological polar surface area (TPSA) is 69.8 Å². The van der Waals surface area contributed by atoms with Crippen LogP contribution in [0.2, 0.25) is 5.02 Å². The smallest absolute Gasteiger partial charge is 0.337 e. The minimum absolute atomic E-state index is 0.134. The molecule has 0 aliphatic rings. The maximum atomic E-state index is 11.4. The highest BCUT2D eigenvalue weighted by molar-refractivity contribution is 6.34. The number of aromatic carboxylic acids is 1. The van der Waals surface area contributed by atoms with Crippen LogP contribution in [0.25, 0.3) is 0 Å². The van der Waals surface area contributed by atoms with Crippen molar-refractivity contribution in [3.8, 4) is 0 Å². The summed E-state index contributed by atoms with van der Waals surface area (Å²) in [5.74, 6) is -1.02. The number of carbonyl (C=O) groups is 1. The van der Waals surface area contributed by atoms with E-state index in [4.69, 9.17) is 17.3 Å². The van der Waals surface area contributed by atoms with E-state index < -0.39 is 5.97 Å². The molecule has 0 saturated heterocycles. The number of rotatable bonds is 6. The van der Waals surface area contributed by atoms with Gasteiger partial charge in [0.25, 0.3) is 0 Å². The van der Waals surface area contributed by atoms with Gasteiger partial charge < -0.3 is 20.6 Å². The van der Waals surface area contributed by atoms with E-state index in [2.05, 4.69) is 4.90 Å². The second kappa shape index (κ2) is 6.81. The van der Waals surface area contributed by atoms with Gasteiger partial charge in [-0.3, -0.25) is 0 Å². The zero-order chi connectivity index (χ0) is 15.4. The van der Waals surface area contributed by atoms with E-state index in [0.717, 1.165) is 6.54 Å². The molecule has 0 spiro atoms. The molecule has 1 aromatic rings. The van der Waals surface area contributed by atoms with Gasteiger partial charge in [-0.1, -0.05) is 11.6 Å². The lowest BCUT2D eigenvalue weighted by molar-refractivity contribution is 0.0697. The largest absolute Gasteiger partial charge is 0.478 e. The van der Waals surface area contributed by atoms with Gasteiger partial charge in [-0.15, -0.1) is 0 Å². The van der Waals surface area contributed by atoms with Crippen LogP contribution in [0.5, 0.6) is 0 Å². The Hall–Kier alpha value is -1.46. The molecule has 0 amide bonds. The number of carboxylic acid groups (broad SMARTS) is 1. The second-order valence-corrected chi connectivity index (χ2v) is 5.51. The first-order valence-corrected chi connectivity index (χ1v) is 6.89. The van der Waals surface area contributed by atoms with Gasteiger partial charge >= 0.3 is 5.97 Å². The van der Waals surface area contributed by atoms with Crippen molar-refractivity contribution in [2.75, 3.05) is 37.8 Å². The first-order chi connectivity index (χ1) is 9.27. The SMILES string of the molecule is CCN(c1c(Cl)cc(N)cc1C(=O)O)C(C)CN(C)C. The Kier molecular flexibility index (Phi) is 5.65. The molecule has 0 bridgehead atoms. The zero-order valence-electron chi connectivity index (χ0n) is 12.4. The Balaban J connectivity index is 3.30. The van der Waals surface area contributed by atoms with Crippen molar-refractivity contribution < 1.29 is 9.90 Å². The maximum Gasteiger partial charge on any atom is 0.337 e. The average Bonchev–Trinajstić information content (AvgIpc) is 2.30. The Morgan fingerprint density at radius 3 is 2.50 bits per heavy atom. The predicted octanol–water partition coefficient (Wildman–Crippen LogP) is 2.40. The fourth-order valence-corrected chi connectivity index (χ4v) is 2.73. The van der Waals surface area contributed by atoms with Crippen molar-refractivity contribution >= 4 is 28.9 Å². The van der Waals surface area contributed by atoms with Gasteiger partial charge in [-0.25, -0.2) is 4.79 Å². The summed E-state index contributed by atoms with van der Waals surface area (Å²) in [5, 5.41) is 9.74. The third-order valence-corrected chi connectivity index (χ3v) is 3.39. The number of hydrogen-bond donors (Lipinski definition) is 2. The third kappa shape index (κ3) is 3.77. The quantitative estimate of drug-likeness (QED) is 0.789. The lowest BCUT2D eigenvalue weighted by Gasteiger charge is -2.33. The van der Waals surface area contributed by atoms with Gasteiger partial charge in [-0.05, 0) is 40.1 Å². The molecule has 1 atom stereocenters. The van der Waals surface area contributed by atoms with Gasteiger partial charge in [0.2, 0.25) is 0 Å². The molecule has 0 radical (unpaired) electrons. The first kappa shape index (κ1) is 16.6. The monoisotopic (exact) mass is 299 g/mol. The number of benzene rings is 1. The number of nitrogen functional groups attached to an aromatic ring is 1. The van der Waals surface area contributed by atoms with Gasteiger partial charge in [0, 0.05) is 24.8 Å². The zero-order valence-corrected chi connectivity index (χ0v) is 13.1. The number of carboxylic acids is 1. The van der Waals surface area contributed by atoms with Gasteiger partial charge in [-0.2, -0.15) is 0 Å². The maximum absolute atomic E-state index is 11.4. The molecule has 6 heteroatoms. The second-order valence-electron chi connectivity index (χ2n) is 5.10. The molecule has 0 saturated carbocycles. The number of halogens is 1. The Labute approximate surface area is 124 Å². The molecular formula is C14H22ClN3O2.